The van der Waals surface area contributed by atoms with Crippen molar-refractivity contribution in [3.63, 3.8) is 0 Å². The van der Waals surface area contributed by atoms with Gasteiger partial charge < -0.3 is 9.88 Å². The highest BCUT2D eigenvalue weighted by atomic mass is 16.1. The largest absolute Gasteiger partial charge is 0.354 e. The third kappa shape index (κ3) is 3.31. The molecule has 0 unspecified atom stereocenters. The van der Waals surface area contributed by atoms with Crippen LogP contribution in [-0.4, -0.2) is 32.0 Å². The number of nitrogens with zero attached hydrogens (tertiary/aromatic N) is 4. The van der Waals surface area contributed by atoms with Gasteiger partial charge in [-0.3, -0.25) is 9.59 Å². The van der Waals surface area contributed by atoms with Gasteiger partial charge in [0.2, 0.25) is 5.91 Å². The number of rotatable bonds is 5. The van der Waals surface area contributed by atoms with Gasteiger partial charge in [0.1, 0.15) is 5.52 Å². The van der Waals surface area contributed by atoms with Crippen LogP contribution < -0.4 is 10.9 Å². The van der Waals surface area contributed by atoms with E-state index in [0.717, 1.165) is 16.5 Å². The Kier molecular flexibility index (Phi) is 4.42. The standard InChI is InChI=1S/C20H19N5O2/c1-24-13-14(15-6-3-5-9-18(15)24)12-19(26)21-10-11-25-20(27)16-7-2-4-8-17(16)22-23-25/h2-9,13H,10-12H2,1H3,(H,21,26). The van der Waals surface area contributed by atoms with Crippen molar-refractivity contribution in [3.05, 3.63) is 70.6 Å². The molecule has 4 aromatic rings. The molecule has 0 saturated heterocycles. The van der Waals surface area contributed by atoms with E-state index in [2.05, 4.69) is 15.6 Å². The summed E-state index contributed by atoms with van der Waals surface area (Å²) in [5, 5.41) is 12.4. The van der Waals surface area contributed by atoms with Gasteiger partial charge >= 0.3 is 0 Å². The zero-order valence-electron chi connectivity index (χ0n) is 14.9. The summed E-state index contributed by atoms with van der Waals surface area (Å²) in [5.41, 5.74) is 2.44. The molecule has 0 fully saturated rings. The minimum atomic E-state index is -0.205. The lowest BCUT2D eigenvalue weighted by Gasteiger charge is -2.07. The van der Waals surface area contributed by atoms with E-state index in [1.807, 2.05) is 48.1 Å². The van der Waals surface area contributed by atoms with Crippen LogP contribution in [0.25, 0.3) is 21.8 Å². The van der Waals surface area contributed by atoms with E-state index >= 15 is 0 Å². The number of carbonyl (C=O) groups is 1. The van der Waals surface area contributed by atoms with E-state index in [4.69, 9.17) is 0 Å². The first-order valence-corrected chi connectivity index (χ1v) is 8.75. The fraction of sp³-hybridized carbons (Fsp3) is 0.200. The average Bonchev–Trinajstić information content (AvgIpc) is 3.00. The third-order valence-electron chi connectivity index (χ3n) is 4.61. The molecule has 0 radical (unpaired) electrons. The number of aryl methyl sites for hydroxylation is 1. The molecule has 1 N–H and O–H groups in total. The normalized spacial score (nSPS) is 11.1. The first-order chi connectivity index (χ1) is 13.1. The Balaban J connectivity index is 1.41. The lowest BCUT2D eigenvalue weighted by molar-refractivity contribution is -0.120. The van der Waals surface area contributed by atoms with Crippen LogP contribution in [0.3, 0.4) is 0 Å². The van der Waals surface area contributed by atoms with Crippen LogP contribution in [0, 0.1) is 0 Å². The van der Waals surface area contributed by atoms with Gasteiger partial charge in [-0.1, -0.05) is 35.5 Å². The second-order valence-electron chi connectivity index (χ2n) is 6.44. The Morgan fingerprint density at radius 1 is 1.07 bits per heavy atom. The molecule has 136 valence electrons. The molecule has 0 aliphatic heterocycles. The maximum Gasteiger partial charge on any atom is 0.277 e. The summed E-state index contributed by atoms with van der Waals surface area (Å²) in [7, 11) is 1.97. The summed E-state index contributed by atoms with van der Waals surface area (Å²) in [4.78, 5) is 24.7. The number of benzene rings is 2. The summed E-state index contributed by atoms with van der Waals surface area (Å²) < 4.78 is 3.29. The Hall–Kier alpha value is -3.48. The smallest absolute Gasteiger partial charge is 0.277 e. The van der Waals surface area contributed by atoms with Gasteiger partial charge in [0.05, 0.1) is 18.4 Å². The fourth-order valence-electron chi connectivity index (χ4n) is 3.27. The van der Waals surface area contributed by atoms with Crippen molar-refractivity contribution < 1.29 is 4.79 Å². The topological polar surface area (TPSA) is 81.8 Å². The number of aromatic nitrogens is 4. The number of para-hydroxylation sites is 1. The zero-order valence-corrected chi connectivity index (χ0v) is 14.9. The van der Waals surface area contributed by atoms with Gasteiger partial charge in [0.25, 0.3) is 5.56 Å². The SMILES string of the molecule is Cn1cc(CC(=O)NCCn2nnc3ccccc3c2=O)c2ccccc21. The number of amides is 1. The Morgan fingerprint density at radius 3 is 2.67 bits per heavy atom. The van der Waals surface area contributed by atoms with Gasteiger partial charge in [0, 0.05) is 30.7 Å². The van der Waals surface area contributed by atoms with Crippen LogP contribution >= 0.6 is 0 Å². The molecule has 2 heterocycles. The molecule has 2 aromatic heterocycles. The van der Waals surface area contributed by atoms with Crippen LogP contribution in [0.15, 0.2) is 59.5 Å². The summed E-state index contributed by atoms with van der Waals surface area (Å²) in [6, 6.07) is 15.1. The number of fused-ring (bicyclic) bond motifs is 2. The van der Waals surface area contributed by atoms with E-state index in [9.17, 15) is 9.59 Å². The van der Waals surface area contributed by atoms with Gasteiger partial charge in [0.15, 0.2) is 0 Å². The molecule has 2 aromatic carbocycles. The highest BCUT2D eigenvalue weighted by Crippen LogP contribution is 2.20. The maximum absolute atomic E-state index is 12.4. The van der Waals surface area contributed by atoms with E-state index in [0.29, 0.717) is 23.9 Å². The first kappa shape index (κ1) is 17.0. The zero-order chi connectivity index (χ0) is 18.8. The van der Waals surface area contributed by atoms with E-state index < -0.39 is 0 Å². The number of nitrogens with one attached hydrogen (secondary N) is 1. The minimum absolute atomic E-state index is 0.0897. The highest BCUT2D eigenvalue weighted by molar-refractivity contribution is 5.89. The molecule has 1 amide bonds. The predicted octanol–water partition coefficient (Wildman–Crippen LogP) is 1.64. The minimum Gasteiger partial charge on any atom is -0.354 e. The van der Waals surface area contributed by atoms with Gasteiger partial charge in [-0.25, -0.2) is 4.68 Å². The van der Waals surface area contributed by atoms with Gasteiger partial charge in [-0.15, -0.1) is 5.10 Å². The Bertz CT molecular complexity index is 1190. The molecular weight excluding hydrogens is 342 g/mol. The quantitative estimate of drug-likeness (QED) is 0.586. The summed E-state index contributed by atoms with van der Waals surface area (Å²) >= 11 is 0. The third-order valence-corrected chi connectivity index (χ3v) is 4.61. The number of carbonyl (C=O) groups excluding carboxylic acids is 1. The predicted molar refractivity (Wildman–Crippen MR) is 103 cm³/mol. The summed E-state index contributed by atoms with van der Waals surface area (Å²) in [6.45, 7) is 0.592. The molecule has 0 saturated carbocycles. The van der Waals surface area contributed by atoms with Crippen LogP contribution in [0.5, 0.6) is 0 Å². The van der Waals surface area contributed by atoms with Gasteiger partial charge in [-0.2, -0.15) is 0 Å². The molecule has 4 rings (SSSR count). The molecule has 7 nitrogen and oxygen atoms in total. The van der Waals surface area contributed by atoms with Crippen LogP contribution in [0.1, 0.15) is 5.56 Å². The van der Waals surface area contributed by atoms with Crippen molar-refractivity contribution in [1.82, 2.24) is 24.9 Å². The Morgan fingerprint density at radius 2 is 1.81 bits per heavy atom. The fourth-order valence-corrected chi connectivity index (χ4v) is 3.27. The summed E-state index contributed by atoms with van der Waals surface area (Å²) in [5.74, 6) is -0.0897. The monoisotopic (exact) mass is 361 g/mol. The molecule has 7 heteroatoms. The van der Waals surface area contributed by atoms with Crippen molar-refractivity contribution in [3.8, 4) is 0 Å². The number of hydrogen-bond acceptors (Lipinski definition) is 4. The molecular formula is C20H19N5O2. The van der Waals surface area contributed by atoms with Crippen molar-refractivity contribution in [2.45, 2.75) is 13.0 Å². The van der Waals surface area contributed by atoms with Crippen molar-refractivity contribution in [2.24, 2.45) is 7.05 Å². The lowest BCUT2D eigenvalue weighted by Crippen LogP contribution is -2.33. The molecule has 0 aliphatic carbocycles. The highest BCUT2D eigenvalue weighted by Gasteiger charge is 2.10. The molecule has 27 heavy (non-hydrogen) atoms. The second-order valence-corrected chi connectivity index (χ2v) is 6.44. The maximum atomic E-state index is 12.4. The van der Waals surface area contributed by atoms with Crippen molar-refractivity contribution in [1.29, 1.82) is 0 Å². The second kappa shape index (κ2) is 7.03. The van der Waals surface area contributed by atoms with E-state index in [1.54, 1.807) is 18.2 Å². The Labute approximate surface area is 155 Å². The molecule has 0 spiro atoms. The lowest BCUT2D eigenvalue weighted by atomic mass is 10.1. The van der Waals surface area contributed by atoms with Crippen molar-refractivity contribution >= 4 is 27.7 Å². The number of hydrogen-bond donors (Lipinski definition) is 1. The first-order valence-electron chi connectivity index (χ1n) is 8.75. The van der Waals surface area contributed by atoms with Crippen LogP contribution in [0.4, 0.5) is 0 Å². The molecule has 0 aliphatic rings. The summed E-state index contributed by atoms with van der Waals surface area (Å²) in [6.07, 6.45) is 2.27. The van der Waals surface area contributed by atoms with Crippen molar-refractivity contribution in [2.75, 3.05) is 6.54 Å². The van der Waals surface area contributed by atoms with Gasteiger partial charge in [-0.05, 0) is 23.8 Å². The molecule has 0 bridgehead atoms. The molecule has 0 atom stereocenters. The average molecular weight is 361 g/mol. The van der Waals surface area contributed by atoms with Crippen LogP contribution in [-0.2, 0) is 24.8 Å². The van der Waals surface area contributed by atoms with E-state index in [-0.39, 0.29) is 18.0 Å². The van der Waals surface area contributed by atoms with E-state index in [1.165, 1.54) is 4.68 Å². The van der Waals surface area contributed by atoms with Crippen LogP contribution in [0.2, 0.25) is 0 Å².